The number of aromatic nitrogens is 3. The molecule has 1 amide bonds. The zero-order valence-corrected chi connectivity index (χ0v) is 16.6. The number of anilines is 2. The van der Waals surface area contributed by atoms with Crippen LogP contribution < -0.4 is 11.1 Å². The Balaban J connectivity index is 1.74. The van der Waals surface area contributed by atoms with Crippen molar-refractivity contribution in [1.29, 1.82) is 0 Å². The molecule has 2 heterocycles. The highest BCUT2D eigenvalue weighted by Gasteiger charge is 2.26. The quantitative estimate of drug-likeness (QED) is 0.426. The Morgan fingerprint density at radius 1 is 1.30 bits per heavy atom. The van der Waals surface area contributed by atoms with Crippen LogP contribution in [0.3, 0.4) is 0 Å². The SMILES string of the molecule is CCOC(=O)c1c(NC(=O)CSc2ncnc(N)n2)sc2c1CCCCC2. The number of fused-ring (bicyclic) bond motifs is 1. The number of thiophene rings is 1. The monoisotopic (exact) mass is 407 g/mol. The molecule has 0 saturated heterocycles. The van der Waals surface area contributed by atoms with Gasteiger partial charge in [0, 0.05) is 4.88 Å². The number of nitrogen functional groups attached to an aromatic ring is 1. The van der Waals surface area contributed by atoms with Gasteiger partial charge in [-0.3, -0.25) is 4.79 Å². The molecule has 1 aliphatic rings. The normalized spacial score (nSPS) is 13.5. The van der Waals surface area contributed by atoms with E-state index < -0.39 is 0 Å². The Bertz CT molecular complexity index is 840. The molecule has 0 radical (unpaired) electrons. The summed E-state index contributed by atoms with van der Waals surface area (Å²) in [7, 11) is 0. The van der Waals surface area contributed by atoms with Crippen LogP contribution in [-0.2, 0) is 22.4 Å². The fraction of sp³-hybridized carbons (Fsp3) is 0.471. The minimum Gasteiger partial charge on any atom is -0.462 e. The van der Waals surface area contributed by atoms with Crippen LogP contribution in [0.2, 0.25) is 0 Å². The van der Waals surface area contributed by atoms with Crippen molar-refractivity contribution in [3.63, 3.8) is 0 Å². The molecule has 0 fully saturated rings. The third-order valence-electron chi connectivity index (χ3n) is 4.05. The van der Waals surface area contributed by atoms with Crippen LogP contribution in [0, 0.1) is 0 Å². The standard InChI is InChI=1S/C17H21N5O3S2/c1-2-25-15(24)13-10-6-4-3-5-7-11(10)27-14(13)21-12(23)8-26-17-20-9-19-16(18)22-17/h9H,2-8H2,1H3,(H,21,23)(H2,18,19,20,22). The summed E-state index contributed by atoms with van der Waals surface area (Å²) in [5.74, 6) is -0.389. The highest BCUT2D eigenvalue weighted by atomic mass is 32.2. The Morgan fingerprint density at radius 2 is 2.11 bits per heavy atom. The average molecular weight is 408 g/mol. The van der Waals surface area contributed by atoms with Gasteiger partial charge in [0.1, 0.15) is 11.3 Å². The zero-order chi connectivity index (χ0) is 19.2. The number of thioether (sulfide) groups is 1. The first-order valence-electron chi connectivity index (χ1n) is 8.77. The van der Waals surface area contributed by atoms with Crippen molar-refractivity contribution in [3.8, 4) is 0 Å². The number of nitrogens with two attached hydrogens (primary N) is 1. The van der Waals surface area contributed by atoms with E-state index in [1.807, 2.05) is 0 Å². The highest BCUT2D eigenvalue weighted by molar-refractivity contribution is 7.99. The van der Waals surface area contributed by atoms with E-state index in [0.717, 1.165) is 49.4 Å². The zero-order valence-electron chi connectivity index (χ0n) is 15.0. The molecule has 2 aromatic heterocycles. The number of amides is 1. The van der Waals surface area contributed by atoms with Crippen LogP contribution in [0.1, 0.15) is 47.0 Å². The number of carbonyl (C=O) groups excluding carboxylic acids is 2. The maximum absolute atomic E-state index is 12.5. The molecule has 8 nitrogen and oxygen atoms in total. The van der Waals surface area contributed by atoms with Crippen molar-refractivity contribution < 1.29 is 14.3 Å². The lowest BCUT2D eigenvalue weighted by atomic mass is 10.1. The van der Waals surface area contributed by atoms with E-state index in [1.165, 1.54) is 22.5 Å². The first-order chi connectivity index (χ1) is 13.1. The average Bonchev–Trinajstić information content (AvgIpc) is 2.81. The number of hydrogen-bond donors (Lipinski definition) is 2. The van der Waals surface area contributed by atoms with Gasteiger partial charge in [-0.05, 0) is 38.2 Å². The summed E-state index contributed by atoms with van der Waals surface area (Å²) in [5, 5.41) is 3.82. The van der Waals surface area contributed by atoms with Crippen molar-refractivity contribution in [3.05, 3.63) is 22.3 Å². The van der Waals surface area contributed by atoms with Crippen molar-refractivity contribution in [2.45, 2.75) is 44.2 Å². The number of rotatable bonds is 6. The predicted octanol–water partition coefficient (Wildman–Crippen LogP) is 2.69. The molecule has 2 aromatic rings. The van der Waals surface area contributed by atoms with E-state index in [0.29, 0.717) is 22.3 Å². The van der Waals surface area contributed by atoms with Crippen molar-refractivity contribution in [1.82, 2.24) is 15.0 Å². The summed E-state index contributed by atoms with van der Waals surface area (Å²) in [6.45, 7) is 2.08. The summed E-state index contributed by atoms with van der Waals surface area (Å²) < 4.78 is 5.23. The van der Waals surface area contributed by atoms with Gasteiger partial charge in [0.15, 0.2) is 5.16 Å². The van der Waals surface area contributed by atoms with E-state index in [-0.39, 0.29) is 23.6 Å². The van der Waals surface area contributed by atoms with Crippen LogP contribution in [0.4, 0.5) is 10.9 Å². The maximum atomic E-state index is 12.5. The molecule has 0 bridgehead atoms. The van der Waals surface area contributed by atoms with Gasteiger partial charge in [0.25, 0.3) is 0 Å². The predicted molar refractivity (Wildman–Crippen MR) is 105 cm³/mol. The minimum atomic E-state index is -0.370. The van der Waals surface area contributed by atoms with E-state index in [4.69, 9.17) is 10.5 Å². The molecule has 144 valence electrons. The van der Waals surface area contributed by atoms with Crippen molar-refractivity contribution >= 4 is 45.9 Å². The molecule has 1 aliphatic carbocycles. The molecule has 0 aromatic carbocycles. The fourth-order valence-corrected chi connectivity index (χ4v) is 4.81. The Labute approximate surface area is 165 Å². The number of esters is 1. The summed E-state index contributed by atoms with van der Waals surface area (Å²) in [6.07, 6.45) is 6.37. The van der Waals surface area contributed by atoms with Gasteiger partial charge in [-0.15, -0.1) is 11.3 Å². The summed E-state index contributed by atoms with van der Waals surface area (Å²) >= 11 is 2.64. The lowest BCUT2D eigenvalue weighted by molar-refractivity contribution is -0.113. The van der Waals surface area contributed by atoms with Crippen LogP contribution in [0.25, 0.3) is 0 Å². The third-order valence-corrected chi connectivity index (χ3v) is 6.12. The Hall–Kier alpha value is -2.20. The van der Waals surface area contributed by atoms with E-state index >= 15 is 0 Å². The highest BCUT2D eigenvalue weighted by Crippen LogP contribution is 2.38. The molecule has 0 aliphatic heterocycles. The molecule has 0 atom stereocenters. The van der Waals surface area contributed by atoms with E-state index in [1.54, 1.807) is 6.92 Å². The molecule has 3 N–H and O–H groups in total. The molecule has 27 heavy (non-hydrogen) atoms. The summed E-state index contributed by atoms with van der Waals surface area (Å²) in [6, 6.07) is 0. The molecule has 3 rings (SSSR count). The summed E-state index contributed by atoms with van der Waals surface area (Å²) in [5.41, 5.74) is 7.06. The van der Waals surface area contributed by atoms with E-state index in [9.17, 15) is 9.59 Å². The van der Waals surface area contributed by atoms with Gasteiger partial charge in [-0.2, -0.15) is 4.98 Å². The largest absolute Gasteiger partial charge is 0.462 e. The number of ether oxygens (including phenoxy) is 1. The maximum Gasteiger partial charge on any atom is 0.341 e. The van der Waals surface area contributed by atoms with Crippen molar-refractivity contribution in [2.75, 3.05) is 23.4 Å². The van der Waals surface area contributed by atoms with Gasteiger partial charge < -0.3 is 15.8 Å². The number of hydrogen-bond acceptors (Lipinski definition) is 9. The third kappa shape index (κ3) is 4.95. The van der Waals surface area contributed by atoms with Gasteiger partial charge in [-0.1, -0.05) is 18.2 Å². The Kier molecular flexibility index (Phi) is 6.62. The summed E-state index contributed by atoms with van der Waals surface area (Å²) in [4.78, 5) is 37.7. The molecule has 0 unspecified atom stereocenters. The first-order valence-corrected chi connectivity index (χ1v) is 10.6. The number of carbonyl (C=O) groups is 2. The van der Waals surface area contributed by atoms with Gasteiger partial charge in [0.05, 0.1) is 17.9 Å². The van der Waals surface area contributed by atoms with Crippen LogP contribution in [-0.4, -0.2) is 39.2 Å². The molecular formula is C17H21N5O3S2. The van der Waals surface area contributed by atoms with Gasteiger partial charge in [-0.25, -0.2) is 14.8 Å². The fourth-order valence-electron chi connectivity index (χ4n) is 2.91. The molecular weight excluding hydrogens is 386 g/mol. The lowest BCUT2D eigenvalue weighted by Crippen LogP contribution is -2.17. The lowest BCUT2D eigenvalue weighted by Gasteiger charge is -2.08. The first kappa shape index (κ1) is 19.6. The second-order valence-corrected chi connectivity index (χ2v) is 8.00. The van der Waals surface area contributed by atoms with Crippen molar-refractivity contribution in [2.24, 2.45) is 0 Å². The molecule has 0 saturated carbocycles. The second kappa shape index (κ2) is 9.14. The van der Waals surface area contributed by atoms with Gasteiger partial charge in [0.2, 0.25) is 11.9 Å². The molecule has 0 spiro atoms. The number of nitrogens with zero attached hydrogens (tertiary/aromatic N) is 3. The van der Waals surface area contributed by atoms with Gasteiger partial charge >= 0.3 is 5.97 Å². The van der Waals surface area contributed by atoms with Crippen LogP contribution >= 0.6 is 23.1 Å². The van der Waals surface area contributed by atoms with E-state index in [2.05, 4.69) is 20.3 Å². The topological polar surface area (TPSA) is 120 Å². The van der Waals surface area contributed by atoms with Crippen LogP contribution in [0.5, 0.6) is 0 Å². The minimum absolute atomic E-state index is 0.105. The Morgan fingerprint density at radius 3 is 2.89 bits per heavy atom. The number of aryl methyl sites for hydroxylation is 1. The molecule has 10 heteroatoms. The smallest absolute Gasteiger partial charge is 0.341 e. The van der Waals surface area contributed by atoms with Crippen LogP contribution in [0.15, 0.2) is 11.5 Å². The second-order valence-electron chi connectivity index (χ2n) is 5.95. The number of nitrogens with one attached hydrogen (secondary N) is 1.